The summed E-state index contributed by atoms with van der Waals surface area (Å²) in [6.45, 7) is 7.81. The average Bonchev–Trinajstić information content (AvgIpc) is 2.70. The molecule has 146 valence electrons. The van der Waals surface area contributed by atoms with E-state index in [4.69, 9.17) is 0 Å². The molecule has 3 rings (SSSR count). The van der Waals surface area contributed by atoms with Crippen LogP contribution in [0.3, 0.4) is 0 Å². The number of hydrogen-bond donors (Lipinski definition) is 0. The van der Waals surface area contributed by atoms with Crippen molar-refractivity contribution in [3.05, 3.63) is 89.0 Å². The second kappa shape index (κ2) is 9.81. The van der Waals surface area contributed by atoms with Crippen molar-refractivity contribution in [3.8, 4) is 0 Å². The summed E-state index contributed by atoms with van der Waals surface area (Å²) in [6.07, 6.45) is 2.20. The molecule has 0 saturated carbocycles. The second-order valence-electron chi connectivity index (χ2n) is 7.67. The van der Waals surface area contributed by atoms with Crippen molar-refractivity contribution in [3.63, 3.8) is 0 Å². The molecule has 0 aromatic heterocycles. The van der Waals surface area contributed by atoms with Crippen LogP contribution < -0.4 is 9.81 Å². The molecule has 0 aliphatic rings. The van der Waals surface area contributed by atoms with Gasteiger partial charge in [-0.1, -0.05) is 0 Å². The molecule has 0 aliphatic carbocycles. The molecule has 0 N–H and O–H groups in total. The number of rotatable bonds is 7. The van der Waals surface area contributed by atoms with E-state index in [1.165, 1.54) is 22.3 Å². The zero-order valence-electron chi connectivity index (χ0n) is 17.9. The Morgan fingerprint density at radius 2 is 1.18 bits per heavy atom. The van der Waals surface area contributed by atoms with Gasteiger partial charge < -0.3 is 0 Å². The molecule has 1 nitrogen and oxygen atoms in total. The molecule has 0 unspecified atom stereocenters. The summed E-state index contributed by atoms with van der Waals surface area (Å²) in [5.74, 6) is 0. The van der Waals surface area contributed by atoms with Gasteiger partial charge in [0.25, 0.3) is 0 Å². The van der Waals surface area contributed by atoms with Crippen molar-refractivity contribution in [2.75, 3.05) is 14.1 Å². The molecule has 3 aromatic carbocycles. The Kier molecular flexibility index (Phi) is 7.44. The normalized spacial score (nSPS) is 11.4. The van der Waals surface area contributed by atoms with E-state index in [0.717, 1.165) is 19.4 Å². The third-order valence-electron chi connectivity index (χ3n) is 5.19. The summed E-state index contributed by atoms with van der Waals surface area (Å²) in [5.41, 5.74) is 5.93. The fourth-order valence-corrected chi connectivity index (χ4v) is 15.3. The van der Waals surface area contributed by atoms with Crippen molar-refractivity contribution in [2.45, 2.75) is 40.2 Å². The van der Waals surface area contributed by atoms with E-state index >= 15 is 0 Å². The van der Waals surface area contributed by atoms with E-state index < -0.39 is 21.8 Å². The Morgan fingerprint density at radius 1 is 0.679 bits per heavy atom. The molecule has 0 spiro atoms. The van der Waals surface area contributed by atoms with Crippen LogP contribution in [0.25, 0.3) is 0 Å². The Balaban J connectivity index is 2.29. The van der Waals surface area contributed by atoms with Gasteiger partial charge in [0, 0.05) is 0 Å². The SMILES string of the molecule is CCc1cccc[c]1[Bi]([c]1ccccc1CC)[c]1ccc(C)cc1CN(C)C. The van der Waals surface area contributed by atoms with Crippen LogP contribution in [0.5, 0.6) is 0 Å². The van der Waals surface area contributed by atoms with Gasteiger partial charge in [-0.05, 0) is 0 Å². The molecule has 0 saturated heterocycles. The summed E-state index contributed by atoms with van der Waals surface area (Å²) >= 11 is -2.42. The zero-order chi connectivity index (χ0) is 20.1. The van der Waals surface area contributed by atoms with E-state index in [1.54, 1.807) is 9.81 Å². The first kappa shape index (κ1) is 21.2. The fourth-order valence-electron chi connectivity index (χ4n) is 3.84. The molecule has 0 atom stereocenters. The fraction of sp³-hybridized carbons (Fsp3) is 0.308. The van der Waals surface area contributed by atoms with E-state index in [0.29, 0.717) is 0 Å². The molecule has 0 heterocycles. The van der Waals surface area contributed by atoms with Gasteiger partial charge in [-0.3, -0.25) is 0 Å². The maximum atomic E-state index is 2.45. The maximum absolute atomic E-state index is 2.45. The molecule has 2 heteroatoms. The van der Waals surface area contributed by atoms with Crippen LogP contribution in [-0.4, -0.2) is 40.7 Å². The molecule has 28 heavy (non-hydrogen) atoms. The minimum atomic E-state index is -2.42. The standard InChI is InChI=1S/C10H14N.2C8H9.Bi/c1-9-5-4-6-10(7-9)8-11(2)3;2*1-2-8-6-4-3-5-7-8;/h4-5,7H,8H2,1-3H3;2*3-6H,2H2,1H3;. The molecule has 0 fully saturated rings. The summed E-state index contributed by atoms with van der Waals surface area (Å²) in [6, 6.07) is 25.6. The van der Waals surface area contributed by atoms with E-state index in [-0.39, 0.29) is 0 Å². The van der Waals surface area contributed by atoms with Gasteiger partial charge in [-0.25, -0.2) is 0 Å². The third kappa shape index (κ3) is 4.73. The summed E-state index contributed by atoms with van der Waals surface area (Å²) in [7, 11) is 4.35. The van der Waals surface area contributed by atoms with Crippen molar-refractivity contribution in [2.24, 2.45) is 0 Å². The van der Waals surface area contributed by atoms with Crippen LogP contribution in [0.4, 0.5) is 0 Å². The number of benzene rings is 3. The van der Waals surface area contributed by atoms with Crippen LogP contribution in [0.2, 0.25) is 0 Å². The van der Waals surface area contributed by atoms with Crippen molar-refractivity contribution < 1.29 is 0 Å². The van der Waals surface area contributed by atoms with Gasteiger partial charge >= 0.3 is 180 Å². The summed E-state index contributed by atoms with van der Waals surface area (Å²) < 4.78 is 4.92. The Morgan fingerprint density at radius 3 is 1.68 bits per heavy atom. The van der Waals surface area contributed by atoms with Gasteiger partial charge in [-0.2, -0.15) is 0 Å². The predicted molar refractivity (Wildman–Crippen MR) is 125 cm³/mol. The average molecular weight is 568 g/mol. The van der Waals surface area contributed by atoms with Crippen molar-refractivity contribution in [1.82, 2.24) is 4.90 Å². The molecule has 0 aliphatic heterocycles. The summed E-state index contributed by atoms with van der Waals surface area (Å²) in [4.78, 5) is 2.30. The predicted octanol–water partition coefficient (Wildman–Crippen LogP) is 3.70. The van der Waals surface area contributed by atoms with Gasteiger partial charge in [0.05, 0.1) is 0 Å². The van der Waals surface area contributed by atoms with Gasteiger partial charge in [-0.15, -0.1) is 0 Å². The van der Waals surface area contributed by atoms with Crippen molar-refractivity contribution >= 4 is 31.6 Å². The first-order chi connectivity index (χ1) is 13.5. The van der Waals surface area contributed by atoms with Crippen LogP contribution in [0.15, 0.2) is 66.7 Å². The van der Waals surface area contributed by atoms with Gasteiger partial charge in [0.1, 0.15) is 0 Å². The third-order valence-corrected chi connectivity index (χ3v) is 15.9. The monoisotopic (exact) mass is 567 g/mol. The van der Waals surface area contributed by atoms with E-state index in [9.17, 15) is 0 Å². The van der Waals surface area contributed by atoms with Crippen molar-refractivity contribution in [1.29, 1.82) is 0 Å². The van der Waals surface area contributed by atoms with Crippen LogP contribution in [0.1, 0.15) is 36.1 Å². The first-order valence-corrected chi connectivity index (χ1v) is 15.5. The van der Waals surface area contributed by atoms with Crippen LogP contribution in [-0.2, 0) is 19.4 Å². The number of nitrogens with zero attached hydrogens (tertiary/aromatic N) is 1. The number of hydrogen-bond acceptors (Lipinski definition) is 1. The molecule has 0 amide bonds. The Labute approximate surface area is 179 Å². The second-order valence-corrected chi connectivity index (χ2v) is 15.9. The van der Waals surface area contributed by atoms with Gasteiger partial charge in [0.15, 0.2) is 0 Å². The minimum absolute atomic E-state index is 1.01. The Hall–Kier alpha value is -1.50. The molecule has 3 aromatic rings. The van der Waals surface area contributed by atoms with Crippen LogP contribution >= 0.6 is 0 Å². The molecule has 0 radical (unpaired) electrons. The molecular formula is C26H32BiN. The van der Waals surface area contributed by atoms with E-state index in [2.05, 4.69) is 106 Å². The van der Waals surface area contributed by atoms with E-state index in [1.807, 2.05) is 0 Å². The topological polar surface area (TPSA) is 3.24 Å². The molecule has 0 bridgehead atoms. The first-order valence-electron chi connectivity index (χ1n) is 10.2. The Bertz CT molecular complexity index is 882. The van der Waals surface area contributed by atoms with Crippen LogP contribution in [0, 0.1) is 6.92 Å². The number of aryl methyl sites for hydroxylation is 3. The zero-order valence-corrected chi connectivity index (χ0v) is 21.3. The van der Waals surface area contributed by atoms with Gasteiger partial charge in [0.2, 0.25) is 0 Å². The summed E-state index contributed by atoms with van der Waals surface area (Å²) in [5, 5.41) is 0. The quantitative estimate of drug-likeness (QED) is 0.394. The molecular weight excluding hydrogens is 535 g/mol.